The molecule has 0 radical (unpaired) electrons. The summed E-state index contributed by atoms with van der Waals surface area (Å²) in [4.78, 5) is 25.3. The second kappa shape index (κ2) is 9.03. The summed E-state index contributed by atoms with van der Waals surface area (Å²) in [6.45, 7) is -0.329. The van der Waals surface area contributed by atoms with Crippen LogP contribution in [0.2, 0.25) is 0 Å². The lowest BCUT2D eigenvalue weighted by Gasteiger charge is -2.16. The van der Waals surface area contributed by atoms with Crippen LogP contribution in [0.25, 0.3) is 6.08 Å². The van der Waals surface area contributed by atoms with Gasteiger partial charge in [-0.3, -0.25) is 4.79 Å². The van der Waals surface area contributed by atoms with Crippen molar-refractivity contribution >= 4 is 39.6 Å². The highest BCUT2D eigenvalue weighted by Gasteiger charge is 2.12. The lowest BCUT2D eigenvalue weighted by atomic mass is 10.2. The third-order valence-corrected chi connectivity index (χ3v) is 3.94. The fraction of sp³-hybridized carbons (Fsp3) is 0.158. The van der Waals surface area contributed by atoms with Gasteiger partial charge in [0.2, 0.25) is 0 Å². The molecule has 0 bridgehead atoms. The molecule has 0 saturated heterocycles. The van der Waals surface area contributed by atoms with E-state index in [0.717, 1.165) is 15.7 Å². The molecule has 2 aromatic carbocycles. The second-order valence-corrected chi connectivity index (χ2v) is 6.03. The summed E-state index contributed by atoms with van der Waals surface area (Å²) in [6.07, 6.45) is 2.84. The molecule has 6 heteroatoms. The minimum absolute atomic E-state index is 0.312. The van der Waals surface area contributed by atoms with E-state index in [-0.39, 0.29) is 12.5 Å². The summed E-state index contributed by atoms with van der Waals surface area (Å²) < 4.78 is 11.1. The van der Waals surface area contributed by atoms with Crippen LogP contribution in [0.5, 0.6) is 5.75 Å². The quantitative estimate of drug-likeness (QED) is 0.545. The van der Waals surface area contributed by atoms with Gasteiger partial charge in [0.05, 0.1) is 7.11 Å². The van der Waals surface area contributed by atoms with Gasteiger partial charge < -0.3 is 14.4 Å². The fourth-order valence-corrected chi connectivity index (χ4v) is 2.45. The Hall–Kier alpha value is -2.60. The summed E-state index contributed by atoms with van der Waals surface area (Å²) in [6, 6.07) is 14.6. The Bertz CT molecular complexity index is 774. The van der Waals surface area contributed by atoms with Crippen LogP contribution < -0.4 is 9.64 Å². The predicted molar refractivity (Wildman–Crippen MR) is 101 cm³/mol. The number of hydrogen-bond donors (Lipinski definition) is 0. The van der Waals surface area contributed by atoms with Gasteiger partial charge in [-0.05, 0) is 36.4 Å². The molecule has 0 aromatic heterocycles. The van der Waals surface area contributed by atoms with Gasteiger partial charge in [0.15, 0.2) is 6.61 Å². The van der Waals surface area contributed by atoms with Gasteiger partial charge in [0.1, 0.15) is 5.75 Å². The van der Waals surface area contributed by atoms with Crippen LogP contribution >= 0.6 is 15.9 Å². The van der Waals surface area contributed by atoms with Crippen LogP contribution in [0.15, 0.2) is 59.1 Å². The Morgan fingerprint density at radius 1 is 1.16 bits per heavy atom. The molecule has 0 saturated carbocycles. The van der Waals surface area contributed by atoms with Crippen molar-refractivity contribution in [3.8, 4) is 5.75 Å². The van der Waals surface area contributed by atoms with E-state index < -0.39 is 5.97 Å². The molecule has 0 aliphatic rings. The second-order valence-electron chi connectivity index (χ2n) is 5.12. The van der Waals surface area contributed by atoms with Gasteiger partial charge in [-0.1, -0.05) is 34.1 Å². The number of halogens is 1. The average molecular weight is 404 g/mol. The van der Waals surface area contributed by atoms with Gasteiger partial charge in [0, 0.05) is 28.8 Å². The Balaban J connectivity index is 1.92. The monoisotopic (exact) mass is 403 g/mol. The maximum Gasteiger partial charge on any atom is 0.331 e. The molecule has 0 aliphatic heterocycles. The molecule has 2 rings (SSSR count). The Kier molecular flexibility index (Phi) is 6.77. The van der Waals surface area contributed by atoms with Crippen LogP contribution in [0.4, 0.5) is 5.69 Å². The first-order chi connectivity index (χ1) is 12.0. The third-order valence-electron chi connectivity index (χ3n) is 3.45. The number of esters is 1. The third kappa shape index (κ3) is 5.46. The van der Waals surface area contributed by atoms with Gasteiger partial charge in [-0.15, -0.1) is 0 Å². The number of carbonyl (C=O) groups is 2. The van der Waals surface area contributed by atoms with E-state index in [1.54, 1.807) is 38.4 Å². The van der Waals surface area contributed by atoms with Gasteiger partial charge in [-0.2, -0.15) is 0 Å². The Labute approximate surface area is 155 Å². The zero-order valence-electron chi connectivity index (χ0n) is 13.9. The summed E-state index contributed by atoms with van der Waals surface area (Å²) in [5, 5.41) is 0. The highest BCUT2D eigenvalue weighted by Crippen LogP contribution is 2.24. The lowest BCUT2D eigenvalue weighted by molar-refractivity contribution is -0.142. The van der Waals surface area contributed by atoms with Crippen molar-refractivity contribution in [3.05, 3.63) is 64.6 Å². The molecule has 0 aliphatic carbocycles. The largest absolute Gasteiger partial charge is 0.496 e. The first-order valence-electron chi connectivity index (χ1n) is 7.51. The molecule has 0 spiro atoms. The predicted octanol–water partition coefficient (Wildman–Crippen LogP) is 3.68. The average Bonchev–Trinajstić information content (AvgIpc) is 2.64. The molecule has 5 nitrogen and oxygen atoms in total. The van der Waals surface area contributed by atoms with E-state index in [1.807, 2.05) is 30.3 Å². The number of methoxy groups -OCH3 is 1. The van der Waals surface area contributed by atoms with Crippen molar-refractivity contribution in [2.45, 2.75) is 0 Å². The van der Waals surface area contributed by atoms with Gasteiger partial charge >= 0.3 is 5.97 Å². The van der Waals surface area contributed by atoms with Crippen molar-refractivity contribution in [3.63, 3.8) is 0 Å². The Morgan fingerprint density at radius 3 is 2.56 bits per heavy atom. The smallest absolute Gasteiger partial charge is 0.331 e. The lowest BCUT2D eigenvalue weighted by Crippen LogP contribution is -2.30. The number of rotatable bonds is 6. The number of anilines is 1. The molecule has 0 heterocycles. The van der Waals surface area contributed by atoms with Gasteiger partial charge in [0.25, 0.3) is 5.91 Å². The van der Waals surface area contributed by atoms with Gasteiger partial charge in [-0.25, -0.2) is 4.79 Å². The number of ether oxygens (including phenoxy) is 2. The molecule has 130 valence electrons. The van der Waals surface area contributed by atoms with E-state index in [0.29, 0.717) is 5.75 Å². The normalized spacial score (nSPS) is 10.5. The van der Waals surface area contributed by atoms with Crippen LogP contribution in [-0.4, -0.2) is 32.6 Å². The molecule has 0 atom stereocenters. The minimum Gasteiger partial charge on any atom is -0.496 e. The van der Waals surface area contributed by atoms with Crippen LogP contribution in [0.3, 0.4) is 0 Å². The summed E-state index contributed by atoms with van der Waals surface area (Å²) in [5.74, 6) is -0.281. The molecule has 25 heavy (non-hydrogen) atoms. The molecule has 0 unspecified atom stereocenters. The topological polar surface area (TPSA) is 55.8 Å². The SMILES string of the molecule is COc1ccc(Br)cc1/C=C/C(=O)OCC(=O)N(C)c1ccccc1. The molecule has 0 fully saturated rings. The number of hydrogen-bond acceptors (Lipinski definition) is 4. The van der Waals surface area contributed by atoms with Crippen molar-refractivity contribution < 1.29 is 19.1 Å². The number of para-hydroxylation sites is 1. The zero-order chi connectivity index (χ0) is 18.2. The zero-order valence-corrected chi connectivity index (χ0v) is 15.5. The molecule has 1 amide bonds. The van der Waals surface area contributed by atoms with Crippen molar-refractivity contribution in [1.82, 2.24) is 0 Å². The maximum absolute atomic E-state index is 12.1. The summed E-state index contributed by atoms with van der Waals surface area (Å²) in [5.41, 5.74) is 1.46. The standard InChI is InChI=1S/C19H18BrNO4/c1-21(16-6-4-3-5-7-16)18(22)13-25-19(23)11-8-14-12-15(20)9-10-17(14)24-2/h3-12H,13H2,1-2H3/b11-8+. The molecular formula is C19H18BrNO4. The van der Waals surface area contributed by atoms with E-state index >= 15 is 0 Å². The summed E-state index contributed by atoms with van der Waals surface area (Å²) >= 11 is 3.36. The van der Waals surface area contributed by atoms with E-state index in [9.17, 15) is 9.59 Å². The number of carbonyl (C=O) groups excluding carboxylic acids is 2. The molecule has 2 aromatic rings. The van der Waals surface area contributed by atoms with Crippen LogP contribution in [0.1, 0.15) is 5.56 Å². The van der Waals surface area contributed by atoms with Crippen molar-refractivity contribution in [1.29, 1.82) is 0 Å². The van der Waals surface area contributed by atoms with Crippen molar-refractivity contribution in [2.24, 2.45) is 0 Å². The number of nitrogens with zero attached hydrogens (tertiary/aromatic N) is 1. The van der Waals surface area contributed by atoms with E-state index in [1.165, 1.54) is 11.0 Å². The number of benzene rings is 2. The highest BCUT2D eigenvalue weighted by molar-refractivity contribution is 9.10. The minimum atomic E-state index is -0.600. The number of likely N-dealkylation sites (N-methyl/N-ethyl adjacent to an activating group) is 1. The number of amides is 1. The molecular weight excluding hydrogens is 386 g/mol. The maximum atomic E-state index is 12.1. The van der Waals surface area contributed by atoms with Crippen molar-refractivity contribution in [2.75, 3.05) is 25.7 Å². The summed E-state index contributed by atoms with van der Waals surface area (Å²) in [7, 11) is 3.19. The van der Waals surface area contributed by atoms with E-state index in [2.05, 4.69) is 15.9 Å². The van der Waals surface area contributed by atoms with Crippen LogP contribution in [0, 0.1) is 0 Å². The first-order valence-corrected chi connectivity index (χ1v) is 8.30. The Morgan fingerprint density at radius 2 is 1.88 bits per heavy atom. The highest BCUT2D eigenvalue weighted by atomic mass is 79.9. The molecule has 0 N–H and O–H groups in total. The fourth-order valence-electron chi connectivity index (χ4n) is 2.07. The van der Waals surface area contributed by atoms with E-state index in [4.69, 9.17) is 9.47 Å². The first kappa shape index (κ1) is 18.7. The van der Waals surface area contributed by atoms with Crippen LogP contribution in [-0.2, 0) is 14.3 Å².